The Bertz CT molecular complexity index is 2260. The Morgan fingerprint density at radius 2 is 1.62 bits per heavy atom. The molecule has 0 aromatic heterocycles. The molecule has 64 heavy (non-hydrogen) atoms. The normalized spacial score (nSPS) is 32.4. The first-order chi connectivity index (χ1) is 31.1. The van der Waals surface area contributed by atoms with Gasteiger partial charge in [-0.25, -0.2) is 14.4 Å². The van der Waals surface area contributed by atoms with Crippen molar-refractivity contribution in [3.05, 3.63) is 82.9 Å². The molecule has 3 fully saturated rings. The second-order valence-electron chi connectivity index (χ2n) is 19.4. The second kappa shape index (κ2) is 18.0. The van der Waals surface area contributed by atoms with E-state index in [9.17, 15) is 29.1 Å². The van der Waals surface area contributed by atoms with E-state index in [1.165, 1.54) is 33.0 Å². The smallest absolute Gasteiger partial charge is 0.408 e. The van der Waals surface area contributed by atoms with Crippen LogP contribution in [0, 0.1) is 28.6 Å². The molecule has 2 aromatic carbocycles. The Balaban J connectivity index is 1.56. The lowest BCUT2D eigenvalue weighted by molar-refractivity contribution is -0.297. The van der Waals surface area contributed by atoms with E-state index in [1.54, 1.807) is 97.0 Å². The lowest BCUT2D eigenvalue weighted by Crippen LogP contribution is -2.78. The summed E-state index contributed by atoms with van der Waals surface area (Å²) in [6.45, 7) is 14.0. The fourth-order valence-electron chi connectivity index (χ4n) is 11.2. The molecule has 0 saturated heterocycles. The molecular weight excluding hydrogens is 825 g/mol. The zero-order chi connectivity index (χ0) is 49.7. The van der Waals surface area contributed by atoms with Crippen LogP contribution in [0.3, 0.4) is 0 Å². The molecule has 3 saturated carbocycles. The minimum Gasteiger partial charge on any atom is -0.458 e. The standard InChI is InChI=1S/C49H64N2O13/c1-27-33(60-43(56)38(61-35(53)26-50-10)37(30-18-14-12-15-19-30)51-44(57)64-45(4,5)6)25-49(58)41(62-42(55)31-20-16-13-17-21-31)39-47(9,40(54)28(2)36(27)46(49,7)8)34(59-11)24-32-22-23-48(32,39)63-29(3)52/h12-21,28,32-34,37-39,41,50,58H,22-26H2,1-11H3,(H,51,57)/t28-,32-,33+,34+,37+,38-,39+,41+,47-,48+,49-/m1/s1/i11D3. The fraction of sp³-hybridized carbons (Fsp3) is 0.592. The Morgan fingerprint density at radius 1 is 0.984 bits per heavy atom. The molecule has 0 heterocycles. The van der Waals surface area contributed by atoms with Gasteiger partial charge in [-0.1, -0.05) is 69.3 Å². The van der Waals surface area contributed by atoms with Crippen LogP contribution >= 0.6 is 0 Å². The summed E-state index contributed by atoms with van der Waals surface area (Å²) in [5.74, 6) is -7.28. The fourth-order valence-corrected chi connectivity index (χ4v) is 11.2. The van der Waals surface area contributed by atoms with Gasteiger partial charge in [0.25, 0.3) is 0 Å². The molecule has 4 aliphatic rings. The van der Waals surface area contributed by atoms with Crippen molar-refractivity contribution >= 4 is 35.8 Å². The molecular formula is C49H64N2O13. The van der Waals surface area contributed by atoms with E-state index in [0.29, 0.717) is 23.1 Å². The second-order valence-corrected chi connectivity index (χ2v) is 19.4. The van der Waals surface area contributed by atoms with E-state index in [1.807, 2.05) is 0 Å². The van der Waals surface area contributed by atoms with Crippen LogP contribution < -0.4 is 10.6 Å². The number of amides is 1. The van der Waals surface area contributed by atoms with Gasteiger partial charge in [-0.3, -0.25) is 14.4 Å². The first kappa shape index (κ1) is 44.1. The lowest BCUT2D eigenvalue weighted by atomic mass is 9.40. The maximum absolute atomic E-state index is 15.8. The summed E-state index contributed by atoms with van der Waals surface area (Å²) in [5, 5.41) is 19.3. The number of likely N-dealkylation sites (N-methyl/N-ethyl adjacent to an activating group) is 1. The van der Waals surface area contributed by atoms with Gasteiger partial charge in [-0.2, -0.15) is 0 Å². The minimum absolute atomic E-state index is 0.00411. The Labute approximate surface area is 379 Å². The molecule has 11 atom stereocenters. The summed E-state index contributed by atoms with van der Waals surface area (Å²) in [6, 6.07) is 14.8. The molecule has 0 radical (unpaired) electrons. The molecule has 1 amide bonds. The third kappa shape index (κ3) is 8.58. The summed E-state index contributed by atoms with van der Waals surface area (Å²) < 4.78 is 61.1. The number of ketones is 1. The molecule has 0 spiro atoms. The number of alkyl carbamates (subject to hydrolysis) is 1. The largest absolute Gasteiger partial charge is 0.458 e. The summed E-state index contributed by atoms with van der Waals surface area (Å²) in [5.41, 5.74) is -7.07. The Kier molecular flexibility index (Phi) is 12.4. The number of hydrogen-bond donors (Lipinski definition) is 3. The van der Waals surface area contributed by atoms with Crippen molar-refractivity contribution in [2.24, 2.45) is 28.6 Å². The summed E-state index contributed by atoms with van der Waals surface area (Å²) in [7, 11) is -1.49. The Morgan fingerprint density at radius 3 is 2.19 bits per heavy atom. The van der Waals surface area contributed by atoms with Crippen LogP contribution in [0.15, 0.2) is 71.8 Å². The number of methoxy groups -OCH3 is 1. The van der Waals surface area contributed by atoms with Gasteiger partial charge < -0.3 is 44.2 Å². The third-order valence-electron chi connectivity index (χ3n) is 14.1. The van der Waals surface area contributed by atoms with Crippen molar-refractivity contribution in [1.29, 1.82) is 0 Å². The van der Waals surface area contributed by atoms with Gasteiger partial charge in [0.15, 0.2) is 0 Å². The van der Waals surface area contributed by atoms with E-state index in [-0.39, 0.29) is 24.9 Å². The number of esters is 4. The number of carbonyl (C=O) groups excluding carboxylic acids is 6. The Hall–Kier alpha value is -5.12. The van der Waals surface area contributed by atoms with Crippen molar-refractivity contribution in [2.75, 3.05) is 20.6 Å². The number of aliphatic hydroxyl groups is 1. The topological polar surface area (TPSA) is 202 Å². The number of Topliss-reactive ketones (excluding diaryl/α,β-unsaturated/α-hetero) is 1. The van der Waals surface area contributed by atoms with Crippen molar-refractivity contribution in [1.82, 2.24) is 10.6 Å². The quantitative estimate of drug-likeness (QED) is 0.128. The summed E-state index contributed by atoms with van der Waals surface area (Å²) in [6.07, 6.45) is -7.14. The number of hydrogen-bond acceptors (Lipinski definition) is 14. The van der Waals surface area contributed by atoms with Gasteiger partial charge in [0.2, 0.25) is 6.10 Å². The molecule has 3 N–H and O–H groups in total. The predicted molar refractivity (Wildman–Crippen MR) is 232 cm³/mol. The average molecular weight is 892 g/mol. The van der Waals surface area contributed by atoms with Gasteiger partial charge in [-0.15, -0.1) is 0 Å². The van der Waals surface area contributed by atoms with Crippen molar-refractivity contribution in [2.45, 2.75) is 135 Å². The zero-order valence-corrected chi connectivity index (χ0v) is 38.3. The van der Waals surface area contributed by atoms with E-state index < -0.39 is 125 Å². The number of carbonyl (C=O) groups is 6. The van der Waals surface area contributed by atoms with Gasteiger partial charge in [-0.05, 0) is 89.8 Å². The molecule has 2 bridgehead atoms. The average Bonchev–Trinajstić information content (AvgIpc) is 3.22. The van der Waals surface area contributed by atoms with Gasteiger partial charge in [0.1, 0.15) is 40.8 Å². The molecule has 4 aliphatic carbocycles. The van der Waals surface area contributed by atoms with Crippen LogP contribution in [-0.4, -0.2) is 103 Å². The minimum atomic E-state index is -2.99. The highest BCUT2D eigenvalue weighted by Gasteiger charge is 2.77. The van der Waals surface area contributed by atoms with Crippen LogP contribution in [0.1, 0.15) is 114 Å². The van der Waals surface area contributed by atoms with E-state index in [0.717, 1.165) is 0 Å². The SMILES string of the molecule is [2H]C([2H])([2H])O[C@H]1C[C@H]2CC[C@@]2(OC(C)=O)[C@H]2[C@H](OC(=O)c3ccccc3)[C@]3(O)C[C@H](OC(=O)[C@H](OC(=O)CNC)[C@@H](NC(=O)OC(C)(C)C)c4ccccc4)C(C)=C([C@@H](C)C(=O)[C@]12C)C3(C)C. The van der Waals surface area contributed by atoms with Gasteiger partial charge in [0.05, 0.1) is 33.7 Å². The molecule has 15 nitrogen and oxygen atoms in total. The van der Waals surface area contributed by atoms with Crippen LogP contribution in [0.2, 0.25) is 0 Å². The number of benzene rings is 2. The summed E-state index contributed by atoms with van der Waals surface area (Å²) in [4.78, 5) is 85.1. The van der Waals surface area contributed by atoms with E-state index in [4.69, 9.17) is 32.5 Å². The van der Waals surface area contributed by atoms with Crippen LogP contribution in [0.5, 0.6) is 0 Å². The van der Waals surface area contributed by atoms with Crippen molar-refractivity contribution in [3.8, 4) is 0 Å². The van der Waals surface area contributed by atoms with Crippen molar-refractivity contribution < 1.29 is 66.4 Å². The highest BCUT2D eigenvalue weighted by molar-refractivity contribution is 5.92. The molecule has 348 valence electrons. The number of ether oxygens (including phenoxy) is 6. The van der Waals surface area contributed by atoms with Crippen molar-refractivity contribution in [3.63, 3.8) is 0 Å². The molecule has 2 aromatic rings. The maximum Gasteiger partial charge on any atom is 0.408 e. The third-order valence-corrected chi connectivity index (χ3v) is 14.1. The molecule has 15 heteroatoms. The highest BCUT2D eigenvalue weighted by Crippen LogP contribution is 2.68. The van der Waals surface area contributed by atoms with Crippen LogP contribution in [-0.2, 0) is 47.6 Å². The molecule has 0 aliphatic heterocycles. The van der Waals surface area contributed by atoms with Gasteiger partial charge >= 0.3 is 30.0 Å². The maximum atomic E-state index is 15.8. The van der Waals surface area contributed by atoms with Crippen LogP contribution in [0.25, 0.3) is 0 Å². The van der Waals surface area contributed by atoms with Gasteiger partial charge in [0, 0.05) is 37.6 Å². The number of rotatable bonds is 12. The molecule has 6 rings (SSSR count). The predicted octanol–water partition coefficient (Wildman–Crippen LogP) is 5.97. The number of nitrogens with one attached hydrogen (secondary N) is 2. The first-order valence-corrected chi connectivity index (χ1v) is 21.8. The highest BCUT2D eigenvalue weighted by atomic mass is 16.6. The lowest BCUT2D eigenvalue weighted by Gasteiger charge is -2.68. The first-order valence-electron chi connectivity index (χ1n) is 23.3. The van der Waals surface area contributed by atoms with Crippen LogP contribution in [0.4, 0.5) is 4.79 Å². The monoisotopic (exact) mass is 891 g/mol. The zero-order valence-electron chi connectivity index (χ0n) is 41.3. The number of fused-ring (bicyclic) bond motifs is 5. The van der Waals surface area contributed by atoms with E-state index >= 15 is 4.79 Å². The summed E-state index contributed by atoms with van der Waals surface area (Å²) >= 11 is 0. The van der Waals surface area contributed by atoms with E-state index in [2.05, 4.69) is 10.6 Å². The molecule has 0 unspecified atom stereocenters.